The molecular formula is C37H62N2O7. The van der Waals surface area contributed by atoms with E-state index in [1.807, 2.05) is 12.2 Å². The first-order valence-corrected chi connectivity index (χ1v) is 17.5. The lowest BCUT2D eigenvalue weighted by molar-refractivity contribution is -0.147. The molecule has 0 spiro atoms. The lowest BCUT2D eigenvalue weighted by Crippen LogP contribution is -2.47. The number of hydrogen-bond donors (Lipinski definition) is 4. The number of esters is 1. The molecule has 0 aliphatic carbocycles. The van der Waals surface area contributed by atoms with Crippen LogP contribution in [0.5, 0.6) is 0 Å². The van der Waals surface area contributed by atoms with Gasteiger partial charge in [0, 0.05) is 12.8 Å². The summed E-state index contributed by atoms with van der Waals surface area (Å²) in [6.07, 6.45) is 34.5. The number of ether oxygens (including phenoxy) is 1. The molecule has 262 valence electrons. The zero-order valence-corrected chi connectivity index (χ0v) is 28.6. The fourth-order valence-electron chi connectivity index (χ4n) is 4.57. The minimum Gasteiger partial charge on any atom is -0.480 e. The minimum absolute atomic E-state index is 0.150. The molecule has 0 saturated carbocycles. The molecule has 0 bridgehead atoms. The lowest BCUT2D eigenvalue weighted by Gasteiger charge is -2.15. The molecule has 46 heavy (non-hydrogen) atoms. The summed E-state index contributed by atoms with van der Waals surface area (Å²) in [5, 5.41) is 22.4. The Balaban J connectivity index is 4.41. The number of rotatable bonds is 30. The van der Waals surface area contributed by atoms with Crippen molar-refractivity contribution in [1.29, 1.82) is 0 Å². The molecule has 9 heteroatoms. The predicted octanol–water partition coefficient (Wildman–Crippen LogP) is 7.25. The van der Waals surface area contributed by atoms with Crippen molar-refractivity contribution in [2.75, 3.05) is 13.2 Å². The SMILES string of the molecule is CC/C=C\C/C=C\C/C=C\C(CCCCCCC(=O)NCC(=O)NC(CO)C(=O)O)OC(=O)CCCCCCC/C=C\CCCC. The van der Waals surface area contributed by atoms with Gasteiger partial charge in [0.05, 0.1) is 13.2 Å². The van der Waals surface area contributed by atoms with Gasteiger partial charge in [-0.25, -0.2) is 4.79 Å². The maximum Gasteiger partial charge on any atom is 0.328 e. The predicted molar refractivity (Wildman–Crippen MR) is 185 cm³/mol. The first kappa shape index (κ1) is 42.8. The van der Waals surface area contributed by atoms with Gasteiger partial charge in [-0.05, 0) is 70.3 Å². The monoisotopic (exact) mass is 646 g/mol. The van der Waals surface area contributed by atoms with Gasteiger partial charge < -0.3 is 25.6 Å². The topological polar surface area (TPSA) is 142 Å². The quantitative estimate of drug-likeness (QED) is 0.0366. The van der Waals surface area contributed by atoms with Crippen molar-refractivity contribution < 1.29 is 34.1 Å². The van der Waals surface area contributed by atoms with Crippen LogP contribution in [0.2, 0.25) is 0 Å². The first-order chi connectivity index (χ1) is 22.3. The Morgan fingerprint density at radius 3 is 1.98 bits per heavy atom. The van der Waals surface area contributed by atoms with E-state index in [4.69, 9.17) is 14.9 Å². The maximum atomic E-state index is 12.6. The molecule has 0 aromatic rings. The number of amides is 2. The van der Waals surface area contributed by atoms with Crippen LogP contribution in [0.3, 0.4) is 0 Å². The van der Waals surface area contributed by atoms with E-state index in [9.17, 15) is 19.2 Å². The van der Waals surface area contributed by atoms with Gasteiger partial charge in [-0.15, -0.1) is 0 Å². The van der Waals surface area contributed by atoms with E-state index in [-0.39, 0.29) is 30.9 Å². The zero-order valence-electron chi connectivity index (χ0n) is 28.6. The minimum atomic E-state index is -1.39. The third-order valence-electron chi connectivity index (χ3n) is 7.29. The normalized spacial score (nSPS) is 13.1. The molecule has 0 aliphatic rings. The molecule has 0 aliphatic heterocycles. The van der Waals surface area contributed by atoms with Crippen molar-refractivity contribution in [2.45, 2.75) is 148 Å². The molecule has 2 unspecified atom stereocenters. The van der Waals surface area contributed by atoms with Crippen LogP contribution in [0.4, 0.5) is 0 Å². The molecule has 2 atom stereocenters. The number of aliphatic carboxylic acids is 1. The van der Waals surface area contributed by atoms with Gasteiger partial charge in [-0.1, -0.05) is 101 Å². The Hall–Kier alpha value is -3.20. The van der Waals surface area contributed by atoms with E-state index < -0.39 is 24.5 Å². The summed E-state index contributed by atoms with van der Waals surface area (Å²) in [7, 11) is 0. The molecule has 9 nitrogen and oxygen atoms in total. The second-order valence-corrected chi connectivity index (χ2v) is 11.6. The highest BCUT2D eigenvalue weighted by Crippen LogP contribution is 2.14. The molecule has 4 N–H and O–H groups in total. The molecule has 0 aromatic carbocycles. The Morgan fingerprint density at radius 2 is 1.30 bits per heavy atom. The number of nitrogens with one attached hydrogen (secondary N) is 2. The van der Waals surface area contributed by atoms with E-state index >= 15 is 0 Å². The highest BCUT2D eigenvalue weighted by atomic mass is 16.5. The second-order valence-electron chi connectivity index (χ2n) is 11.6. The van der Waals surface area contributed by atoms with Gasteiger partial charge in [0.15, 0.2) is 0 Å². The molecule has 2 amide bonds. The average Bonchev–Trinajstić information content (AvgIpc) is 3.03. The third kappa shape index (κ3) is 28.3. The number of aliphatic hydroxyl groups excluding tert-OH is 1. The fourth-order valence-corrected chi connectivity index (χ4v) is 4.57. The number of carbonyl (C=O) groups excluding carboxylic acids is 3. The van der Waals surface area contributed by atoms with Crippen LogP contribution in [0, 0.1) is 0 Å². The second kappa shape index (κ2) is 31.8. The molecule has 0 radical (unpaired) electrons. The number of carboxylic acid groups (broad SMARTS) is 1. The summed E-state index contributed by atoms with van der Waals surface area (Å²) in [6.45, 7) is 3.25. The van der Waals surface area contributed by atoms with Crippen LogP contribution in [-0.2, 0) is 23.9 Å². The van der Waals surface area contributed by atoms with E-state index in [1.165, 1.54) is 32.1 Å². The van der Waals surface area contributed by atoms with Gasteiger partial charge in [0.1, 0.15) is 12.1 Å². The average molecular weight is 647 g/mol. The molecule has 0 fully saturated rings. The number of aliphatic hydroxyl groups is 1. The molecule has 0 rings (SSSR count). The van der Waals surface area contributed by atoms with Crippen molar-refractivity contribution >= 4 is 23.8 Å². The van der Waals surface area contributed by atoms with E-state index in [0.717, 1.165) is 70.6 Å². The van der Waals surface area contributed by atoms with Crippen LogP contribution in [0.1, 0.15) is 136 Å². The lowest BCUT2D eigenvalue weighted by atomic mass is 10.1. The summed E-state index contributed by atoms with van der Waals surface area (Å²) in [5.74, 6) is -2.46. The Morgan fingerprint density at radius 1 is 0.696 bits per heavy atom. The number of unbranched alkanes of at least 4 members (excludes halogenated alkanes) is 10. The largest absolute Gasteiger partial charge is 0.480 e. The fraction of sp³-hybridized carbons (Fsp3) is 0.676. The standard InChI is InChI=1S/C37H62N2O7/c1-3-5-7-9-11-13-14-15-17-19-25-29-36(43)46-32(26-22-18-16-12-10-8-6-4-2)27-23-20-21-24-28-34(41)38-30-35(42)39-33(31-40)37(44)45/h6,8-9,11-12,16,22,26,32-33,40H,3-5,7,10,13-15,17-21,23-25,27-31H2,1-2H3,(H,38,41)(H,39,42)(H,44,45)/b8-6-,11-9-,16-12-,26-22-. The van der Waals surface area contributed by atoms with Gasteiger partial charge in [0.25, 0.3) is 0 Å². The molecule has 0 saturated heterocycles. The van der Waals surface area contributed by atoms with Crippen molar-refractivity contribution in [3.8, 4) is 0 Å². The van der Waals surface area contributed by atoms with Gasteiger partial charge in [-0.2, -0.15) is 0 Å². The summed E-state index contributed by atoms with van der Waals surface area (Å²) in [6, 6.07) is -1.39. The van der Waals surface area contributed by atoms with Crippen molar-refractivity contribution in [3.63, 3.8) is 0 Å². The van der Waals surface area contributed by atoms with E-state index in [0.29, 0.717) is 12.8 Å². The van der Waals surface area contributed by atoms with Crippen molar-refractivity contribution in [1.82, 2.24) is 10.6 Å². The third-order valence-corrected chi connectivity index (χ3v) is 7.29. The maximum absolute atomic E-state index is 12.6. The highest BCUT2D eigenvalue weighted by Gasteiger charge is 2.18. The molecule has 0 heterocycles. The number of hydrogen-bond acceptors (Lipinski definition) is 6. The van der Waals surface area contributed by atoms with Crippen LogP contribution >= 0.6 is 0 Å². The van der Waals surface area contributed by atoms with Crippen molar-refractivity contribution in [3.05, 3.63) is 48.6 Å². The van der Waals surface area contributed by atoms with Crippen LogP contribution in [0.15, 0.2) is 48.6 Å². The Kier molecular flexibility index (Phi) is 29.6. The summed E-state index contributed by atoms with van der Waals surface area (Å²) in [5.41, 5.74) is 0. The van der Waals surface area contributed by atoms with Gasteiger partial charge >= 0.3 is 11.9 Å². The summed E-state index contributed by atoms with van der Waals surface area (Å²) in [4.78, 5) is 47.2. The van der Waals surface area contributed by atoms with E-state index in [1.54, 1.807) is 0 Å². The number of carbonyl (C=O) groups is 4. The van der Waals surface area contributed by atoms with Crippen LogP contribution < -0.4 is 10.6 Å². The Labute approximate surface area is 278 Å². The first-order valence-electron chi connectivity index (χ1n) is 17.5. The van der Waals surface area contributed by atoms with Gasteiger partial charge in [-0.3, -0.25) is 14.4 Å². The van der Waals surface area contributed by atoms with Gasteiger partial charge in [0.2, 0.25) is 11.8 Å². The summed E-state index contributed by atoms with van der Waals surface area (Å²) < 4.78 is 5.83. The zero-order chi connectivity index (χ0) is 34.1. The summed E-state index contributed by atoms with van der Waals surface area (Å²) >= 11 is 0. The van der Waals surface area contributed by atoms with Crippen LogP contribution in [-0.4, -0.2) is 59.3 Å². The highest BCUT2D eigenvalue weighted by molar-refractivity contribution is 5.87. The molecule has 0 aromatic heterocycles. The van der Waals surface area contributed by atoms with Crippen molar-refractivity contribution in [2.24, 2.45) is 0 Å². The van der Waals surface area contributed by atoms with Crippen LogP contribution in [0.25, 0.3) is 0 Å². The molecular weight excluding hydrogens is 584 g/mol. The van der Waals surface area contributed by atoms with E-state index in [2.05, 4.69) is 60.9 Å². The number of allylic oxidation sites excluding steroid dienone is 7. The Bertz CT molecular complexity index is 927. The smallest absolute Gasteiger partial charge is 0.328 e. The number of carboxylic acids is 1.